The molecular weight excluding hydrogens is 202 g/mol. The van der Waals surface area contributed by atoms with Gasteiger partial charge < -0.3 is 0 Å². The lowest BCUT2D eigenvalue weighted by atomic mass is 10.1. The van der Waals surface area contributed by atoms with Crippen LogP contribution in [0.2, 0.25) is 0 Å². The minimum Gasteiger partial charge on any atom is -0.277 e. The molecule has 0 spiro atoms. The van der Waals surface area contributed by atoms with Crippen LogP contribution in [0.5, 0.6) is 0 Å². The topological polar surface area (TPSA) is 83.9 Å². The van der Waals surface area contributed by atoms with Gasteiger partial charge in [-0.25, -0.2) is 4.79 Å². The van der Waals surface area contributed by atoms with E-state index in [1.807, 2.05) is 0 Å². The van der Waals surface area contributed by atoms with Crippen molar-refractivity contribution in [2.75, 3.05) is 0 Å². The van der Waals surface area contributed by atoms with Crippen molar-refractivity contribution in [1.29, 1.82) is 0 Å². The van der Waals surface area contributed by atoms with Gasteiger partial charge in [0.1, 0.15) is 0 Å². The quantitative estimate of drug-likeness (QED) is 0.388. The summed E-state index contributed by atoms with van der Waals surface area (Å²) in [5.74, 6) is -1.59. The van der Waals surface area contributed by atoms with E-state index in [0.29, 0.717) is 0 Å². The van der Waals surface area contributed by atoms with Gasteiger partial charge in [-0.15, -0.1) is 0 Å². The molecule has 6 heteroatoms. The van der Waals surface area contributed by atoms with Crippen molar-refractivity contribution in [3.05, 3.63) is 35.4 Å². The fraction of sp³-hybridized carbons (Fsp3) is 0. The molecule has 0 fully saturated rings. The number of nitrogens with zero attached hydrogens (tertiary/aromatic N) is 1. The van der Waals surface area contributed by atoms with E-state index in [4.69, 9.17) is 5.26 Å². The fourth-order valence-electron chi connectivity index (χ4n) is 1.40. The van der Waals surface area contributed by atoms with Crippen LogP contribution in [0.3, 0.4) is 0 Å². The first-order valence-corrected chi connectivity index (χ1v) is 4.00. The molecule has 1 aliphatic heterocycles. The van der Waals surface area contributed by atoms with Crippen LogP contribution in [-0.2, 0) is 4.89 Å². The van der Waals surface area contributed by atoms with Gasteiger partial charge in [0.25, 0.3) is 11.8 Å². The highest BCUT2D eigenvalue weighted by Gasteiger charge is 2.40. The van der Waals surface area contributed by atoms with Crippen LogP contribution in [-0.4, -0.2) is 28.1 Å². The largest absolute Gasteiger partial charge is 0.455 e. The second-order valence-corrected chi connectivity index (χ2v) is 2.85. The molecule has 1 aromatic carbocycles. The van der Waals surface area contributed by atoms with Crippen LogP contribution >= 0.6 is 0 Å². The SMILES string of the molecule is O=C(OO)N1C(=O)c2ccccc2C1=O. The summed E-state index contributed by atoms with van der Waals surface area (Å²) < 4.78 is 0. The molecule has 0 radical (unpaired) electrons. The molecule has 1 aliphatic rings. The van der Waals surface area contributed by atoms with Crippen LogP contribution in [0.15, 0.2) is 24.3 Å². The highest BCUT2D eigenvalue weighted by molar-refractivity contribution is 6.27. The molecule has 6 nitrogen and oxygen atoms in total. The third kappa shape index (κ3) is 1.19. The maximum atomic E-state index is 11.5. The second kappa shape index (κ2) is 3.18. The Morgan fingerprint density at radius 3 is 2.00 bits per heavy atom. The molecule has 0 aliphatic carbocycles. The van der Waals surface area contributed by atoms with E-state index in [9.17, 15) is 14.4 Å². The molecule has 76 valence electrons. The molecule has 1 aromatic rings. The van der Waals surface area contributed by atoms with Crippen LogP contribution < -0.4 is 0 Å². The highest BCUT2D eigenvalue weighted by atomic mass is 17.1. The molecule has 2 rings (SSSR count). The van der Waals surface area contributed by atoms with Gasteiger partial charge in [-0.1, -0.05) is 12.1 Å². The monoisotopic (exact) mass is 207 g/mol. The van der Waals surface area contributed by atoms with Gasteiger partial charge in [-0.3, -0.25) is 14.5 Å². The number of carbonyl (C=O) groups excluding carboxylic acids is 3. The predicted octanol–water partition coefficient (Wildman–Crippen LogP) is 0.892. The average molecular weight is 207 g/mol. The van der Waals surface area contributed by atoms with E-state index in [2.05, 4.69) is 4.89 Å². The van der Waals surface area contributed by atoms with E-state index < -0.39 is 17.9 Å². The Kier molecular flexibility index (Phi) is 1.98. The molecule has 1 heterocycles. The van der Waals surface area contributed by atoms with Gasteiger partial charge >= 0.3 is 6.09 Å². The summed E-state index contributed by atoms with van der Waals surface area (Å²) in [5, 5.41) is 8.11. The van der Waals surface area contributed by atoms with E-state index in [1.165, 1.54) is 12.1 Å². The Labute approximate surface area is 83.6 Å². The van der Waals surface area contributed by atoms with Crippen molar-refractivity contribution in [3.8, 4) is 0 Å². The predicted molar refractivity (Wildman–Crippen MR) is 46.1 cm³/mol. The Hall–Kier alpha value is -2.21. The zero-order valence-corrected chi connectivity index (χ0v) is 7.34. The van der Waals surface area contributed by atoms with Crippen molar-refractivity contribution in [1.82, 2.24) is 4.90 Å². The van der Waals surface area contributed by atoms with Gasteiger partial charge in [0, 0.05) is 0 Å². The van der Waals surface area contributed by atoms with Crippen LogP contribution in [0.4, 0.5) is 4.79 Å². The van der Waals surface area contributed by atoms with Gasteiger partial charge in [-0.05, 0) is 12.1 Å². The first-order valence-electron chi connectivity index (χ1n) is 4.00. The van der Waals surface area contributed by atoms with E-state index >= 15 is 0 Å². The molecular formula is C9H5NO5. The number of imide groups is 3. The molecule has 15 heavy (non-hydrogen) atoms. The van der Waals surface area contributed by atoms with E-state index in [1.54, 1.807) is 12.1 Å². The van der Waals surface area contributed by atoms with Gasteiger partial charge in [0.2, 0.25) is 0 Å². The summed E-state index contributed by atoms with van der Waals surface area (Å²) in [7, 11) is 0. The van der Waals surface area contributed by atoms with Gasteiger partial charge in [0.05, 0.1) is 11.1 Å². The first-order chi connectivity index (χ1) is 7.16. The Morgan fingerprint density at radius 2 is 1.60 bits per heavy atom. The normalized spacial score (nSPS) is 14.1. The number of fused-ring (bicyclic) bond motifs is 1. The third-order valence-electron chi connectivity index (χ3n) is 2.05. The zero-order chi connectivity index (χ0) is 11.0. The van der Waals surface area contributed by atoms with Crippen LogP contribution in [0.25, 0.3) is 0 Å². The van der Waals surface area contributed by atoms with Crippen molar-refractivity contribution in [2.24, 2.45) is 0 Å². The van der Waals surface area contributed by atoms with Gasteiger partial charge in [0.15, 0.2) is 0 Å². The number of amides is 3. The molecule has 0 unspecified atom stereocenters. The lowest BCUT2D eigenvalue weighted by Gasteiger charge is -2.06. The Balaban J connectivity index is 2.50. The number of hydrogen-bond acceptors (Lipinski definition) is 5. The van der Waals surface area contributed by atoms with Crippen molar-refractivity contribution in [3.63, 3.8) is 0 Å². The Bertz CT molecular complexity index is 432. The lowest BCUT2D eigenvalue weighted by Crippen LogP contribution is -2.35. The maximum Gasteiger partial charge on any atom is 0.455 e. The standard InChI is InChI=1S/C9H5NO5/c11-7-5-3-1-2-4-6(5)8(12)10(7)9(13)15-14/h1-4,14H. The lowest BCUT2D eigenvalue weighted by molar-refractivity contribution is -0.183. The first kappa shape index (κ1) is 9.35. The summed E-state index contributed by atoms with van der Waals surface area (Å²) in [5.41, 5.74) is 0.237. The molecule has 0 bridgehead atoms. The van der Waals surface area contributed by atoms with Gasteiger partial charge in [-0.2, -0.15) is 10.2 Å². The minimum atomic E-state index is -1.40. The zero-order valence-electron chi connectivity index (χ0n) is 7.34. The number of hydrogen-bond donors (Lipinski definition) is 1. The summed E-state index contributed by atoms with van der Waals surface area (Å²) in [6, 6.07) is 5.97. The summed E-state index contributed by atoms with van der Waals surface area (Å²) >= 11 is 0. The molecule has 1 N–H and O–H groups in total. The van der Waals surface area contributed by atoms with Crippen molar-refractivity contribution >= 4 is 17.9 Å². The highest BCUT2D eigenvalue weighted by Crippen LogP contribution is 2.22. The number of carbonyl (C=O) groups is 3. The molecule has 0 aromatic heterocycles. The summed E-state index contributed by atoms with van der Waals surface area (Å²) in [6.45, 7) is 0. The van der Waals surface area contributed by atoms with Crippen molar-refractivity contribution in [2.45, 2.75) is 0 Å². The smallest absolute Gasteiger partial charge is 0.277 e. The Morgan fingerprint density at radius 1 is 1.13 bits per heavy atom. The van der Waals surface area contributed by atoms with Crippen molar-refractivity contribution < 1.29 is 24.5 Å². The fourth-order valence-corrected chi connectivity index (χ4v) is 1.40. The third-order valence-corrected chi connectivity index (χ3v) is 2.05. The summed E-state index contributed by atoms with van der Waals surface area (Å²) in [4.78, 5) is 37.5. The molecule has 0 saturated carbocycles. The molecule has 0 atom stereocenters. The molecule has 0 saturated heterocycles. The van der Waals surface area contributed by atoms with E-state index in [-0.39, 0.29) is 16.0 Å². The maximum absolute atomic E-state index is 11.5. The van der Waals surface area contributed by atoms with Crippen LogP contribution in [0.1, 0.15) is 20.7 Å². The summed E-state index contributed by atoms with van der Waals surface area (Å²) in [6.07, 6.45) is -1.40. The van der Waals surface area contributed by atoms with Crippen LogP contribution in [0, 0.1) is 0 Å². The number of rotatable bonds is 0. The minimum absolute atomic E-state index is 0.118. The molecule has 3 amide bonds. The number of benzene rings is 1. The second-order valence-electron chi connectivity index (χ2n) is 2.85. The van der Waals surface area contributed by atoms with E-state index in [0.717, 1.165) is 0 Å². The average Bonchev–Trinajstić information content (AvgIpc) is 2.52.